The van der Waals surface area contributed by atoms with Gasteiger partial charge in [-0.15, -0.1) is 0 Å². The zero-order chi connectivity index (χ0) is 20.5. The van der Waals surface area contributed by atoms with Gasteiger partial charge in [-0.3, -0.25) is 4.79 Å². The number of carboxylic acid groups (broad SMARTS) is 1. The Hall–Kier alpha value is -3.15. The van der Waals surface area contributed by atoms with Crippen molar-refractivity contribution in [3.05, 3.63) is 71.7 Å². The number of carbonyl (C=O) groups is 2. The molecule has 0 saturated heterocycles. The molecule has 28 heavy (non-hydrogen) atoms. The minimum atomic E-state index is -1.07. The molecule has 0 spiro atoms. The fourth-order valence-corrected chi connectivity index (χ4v) is 3.20. The van der Waals surface area contributed by atoms with Crippen LogP contribution >= 0.6 is 0 Å². The number of hydrogen-bond acceptors (Lipinski definition) is 2. The number of carbonyl (C=O) groups excluding carboxylic acids is 1. The standard InChI is InChI=1S/C22H23FN2O3/c1-22(2,3)19(21(27)28)24-20(26)17-13-25(18-7-5-4-6-16(17)18)12-14-8-10-15(23)11-9-14/h4-11,13,19H,12H2,1-3H3,(H,24,26)(H,27,28). The van der Waals surface area contributed by atoms with Crippen molar-refractivity contribution in [3.63, 3.8) is 0 Å². The Labute approximate surface area is 162 Å². The van der Waals surface area contributed by atoms with Gasteiger partial charge in [0.2, 0.25) is 0 Å². The van der Waals surface area contributed by atoms with E-state index in [0.29, 0.717) is 12.1 Å². The van der Waals surface area contributed by atoms with Crippen molar-refractivity contribution >= 4 is 22.8 Å². The Morgan fingerprint density at radius 2 is 1.75 bits per heavy atom. The molecule has 2 N–H and O–H groups in total. The van der Waals surface area contributed by atoms with Crippen molar-refractivity contribution in [2.75, 3.05) is 0 Å². The summed E-state index contributed by atoms with van der Waals surface area (Å²) in [5, 5.41) is 12.9. The average molecular weight is 382 g/mol. The van der Waals surface area contributed by atoms with Crippen LogP contribution in [-0.2, 0) is 11.3 Å². The number of benzene rings is 2. The molecule has 0 aliphatic heterocycles. The van der Waals surface area contributed by atoms with E-state index >= 15 is 0 Å². The average Bonchev–Trinajstić information content (AvgIpc) is 2.99. The van der Waals surface area contributed by atoms with Crippen LogP contribution in [-0.4, -0.2) is 27.6 Å². The predicted molar refractivity (Wildman–Crippen MR) is 106 cm³/mol. The first-order chi connectivity index (χ1) is 13.2. The molecule has 5 nitrogen and oxygen atoms in total. The van der Waals surface area contributed by atoms with E-state index < -0.39 is 23.3 Å². The SMILES string of the molecule is CC(C)(C)C(NC(=O)c1cn(Cc2ccc(F)cc2)c2ccccc12)C(=O)O. The first kappa shape index (κ1) is 19.6. The topological polar surface area (TPSA) is 71.3 Å². The molecule has 1 amide bonds. The quantitative estimate of drug-likeness (QED) is 0.699. The number of nitrogens with zero attached hydrogens (tertiary/aromatic N) is 1. The summed E-state index contributed by atoms with van der Waals surface area (Å²) >= 11 is 0. The van der Waals surface area contributed by atoms with Crippen molar-refractivity contribution in [2.45, 2.75) is 33.4 Å². The normalized spacial score (nSPS) is 12.7. The van der Waals surface area contributed by atoms with Crippen LogP contribution in [0.15, 0.2) is 54.7 Å². The van der Waals surface area contributed by atoms with Gasteiger partial charge in [-0.2, -0.15) is 0 Å². The Balaban J connectivity index is 1.96. The first-order valence-electron chi connectivity index (χ1n) is 9.03. The molecule has 146 valence electrons. The van der Waals surface area contributed by atoms with E-state index in [1.165, 1.54) is 12.1 Å². The minimum absolute atomic E-state index is 0.303. The Bertz CT molecular complexity index is 1020. The minimum Gasteiger partial charge on any atom is -0.480 e. The summed E-state index contributed by atoms with van der Waals surface area (Å²) in [6.45, 7) is 5.77. The third-order valence-corrected chi connectivity index (χ3v) is 4.69. The molecule has 6 heteroatoms. The van der Waals surface area contributed by atoms with E-state index in [-0.39, 0.29) is 5.82 Å². The number of para-hydroxylation sites is 1. The van der Waals surface area contributed by atoms with Gasteiger partial charge in [-0.05, 0) is 29.2 Å². The van der Waals surface area contributed by atoms with Gasteiger partial charge in [0.15, 0.2) is 0 Å². The van der Waals surface area contributed by atoms with E-state index in [0.717, 1.165) is 16.5 Å². The number of aromatic nitrogens is 1. The third-order valence-electron chi connectivity index (χ3n) is 4.69. The van der Waals surface area contributed by atoms with Crippen molar-refractivity contribution in [1.82, 2.24) is 9.88 Å². The van der Waals surface area contributed by atoms with Gasteiger partial charge >= 0.3 is 5.97 Å². The molecule has 3 rings (SSSR count). The highest BCUT2D eigenvalue weighted by atomic mass is 19.1. The van der Waals surface area contributed by atoms with Crippen molar-refractivity contribution < 1.29 is 19.1 Å². The maximum absolute atomic E-state index is 13.2. The second-order valence-electron chi connectivity index (χ2n) is 7.93. The molecule has 1 aromatic heterocycles. The molecule has 0 aliphatic rings. The number of aliphatic carboxylic acids is 1. The van der Waals surface area contributed by atoms with E-state index in [9.17, 15) is 19.1 Å². The third kappa shape index (κ3) is 4.06. The fourth-order valence-electron chi connectivity index (χ4n) is 3.20. The largest absolute Gasteiger partial charge is 0.480 e. The molecule has 1 unspecified atom stereocenters. The molecular weight excluding hydrogens is 359 g/mol. The van der Waals surface area contributed by atoms with Gasteiger partial charge in [0.1, 0.15) is 11.9 Å². The number of carboxylic acids is 1. The second kappa shape index (κ2) is 7.46. The summed E-state index contributed by atoms with van der Waals surface area (Å²) in [6.07, 6.45) is 1.71. The molecule has 0 saturated carbocycles. The smallest absolute Gasteiger partial charge is 0.326 e. The van der Waals surface area contributed by atoms with Gasteiger partial charge in [-0.25, -0.2) is 9.18 Å². The number of hydrogen-bond donors (Lipinski definition) is 2. The van der Waals surface area contributed by atoms with Crippen LogP contribution in [0.4, 0.5) is 4.39 Å². The maximum atomic E-state index is 13.2. The molecular formula is C22H23FN2O3. The van der Waals surface area contributed by atoms with E-state index in [1.807, 2.05) is 28.8 Å². The number of fused-ring (bicyclic) bond motifs is 1. The van der Waals surface area contributed by atoms with Gasteiger partial charge in [0.25, 0.3) is 5.91 Å². The molecule has 2 aromatic carbocycles. The van der Waals surface area contributed by atoms with E-state index in [2.05, 4.69) is 5.32 Å². The van der Waals surface area contributed by atoms with Gasteiger partial charge in [-0.1, -0.05) is 51.1 Å². The van der Waals surface area contributed by atoms with Crippen molar-refractivity contribution in [2.24, 2.45) is 5.41 Å². The van der Waals surface area contributed by atoms with Crippen LogP contribution in [0.3, 0.4) is 0 Å². The summed E-state index contributed by atoms with van der Waals surface area (Å²) < 4.78 is 15.1. The molecule has 1 heterocycles. The fraction of sp³-hybridized carbons (Fsp3) is 0.273. The first-order valence-corrected chi connectivity index (χ1v) is 9.03. The monoisotopic (exact) mass is 382 g/mol. The van der Waals surface area contributed by atoms with Gasteiger partial charge < -0.3 is 15.0 Å². The van der Waals surface area contributed by atoms with Crippen LogP contribution in [0, 0.1) is 11.2 Å². The van der Waals surface area contributed by atoms with Crippen molar-refractivity contribution in [1.29, 1.82) is 0 Å². The van der Waals surface area contributed by atoms with Crippen LogP contribution < -0.4 is 5.32 Å². The highest BCUT2D eigenvalue weighted by Crippen LogP contribution is 2.24. The molecule has 0 fully saturated rings. The highest BCUT2D eigenvalue weighted by molar-refractivity contribution is 6.08. The molecule has 0 aliphatic carbocycles. The molecule has 0 radical (unpaired) electrons. The van der Waals surface area contributed by atoms with E-state index in [1.54, 1.807) is 39.1 Å². The lowest BCUT2D eigenvalue weighted by molar-refractivity contribution is -0.142. The molecule has 1 atom stereocenters. The highest BCUT2D eigenvalue weighted by Gasteiger charge is 2.33. The molecule has 0 bridgehead atoms. The van der Waals surface area contributed by atoms with Crippen LogP contribution in [0.5, 0.6) is 0 Å². The lowest BCUT2D eigenvalue weighted by atomic mass is 9.86. The van der Waals surface area contributed by atoms with Gasteiger partial charge in [0, 0.05) is 23.6 Å². The van der Waals surface area contributed by atoms with Crippen LogP contribution in [0.1, 0.15) is 36.7 Å². The molecule has 3 aromatic rings. The summed E-state index contributed by atoms with van der Waals surface area (Å²) in [4.78, 5) is 24.5. The second-order valence-corrected chi connectivity index (χ2v) is 7.93. The number of nitrogens with one attached hydrogen (secondary N) is 1. The lowest BCUT2D eigenvalue weighted by Gasteiger charge is -2.27. The number of amides is 1. The predicted octanol–water partition coefficient (Wildman–Crippen LogP) is 4.06. The lowest BCUT2D eigenvalue weighted by Crippen LogP contribution is -2.49. The van der Waals surface area contributed by atoms with Crippen LogP contribution in [0.25, 0.3) is 10.9 Å². The summed E-state index contributed by atoms with van der Waals surface area (Å²) in [6, 6.07) is 12.6. The Morgan fingerprint density at radius 3 is 2.36 bits per heavy atom. The Morgan fingerprint density at radius 1 is 1.11 bits per heavy atom. The zero-order valence-electron chi connectivity index (χ0n) is 16.1. The summed E-state index contributed by atoms with van der Waals surface area (Å²) in [5.41, 5.74) is 1.52. The number of rotatable bonds is 5. The number of halogens is 1. The van der Waals surface area contributed by atoms with Crippen molar-refractivity contribution in [3.8, 4) is 0 Å². The zero-order valence-corrected chi connectivity index (χ0v) is 16.1. The Kier molecular flexibility index (Phi) is 5.23. The van der Waals surface area contributed by atoms with Crippen LogP contribution in [0.2, 0.25) is 0 Å². The summed E-state index contributed by atoms with van der Waals surface area (Å²) in [7, 11) is 0. The summed E-state index contributed by atoms with van der Waals surface area (Å²) in [5.74, 6) is -1.81. The van der Waals surface area contributed by atoms with E-state index in [4.69, 9.17) is 0 Å². The maximum Gasteiger partial charge on any atom is 0.326 e. The van der Waals surface area contributed by atoms with Gasteiger partial charge in [0.05, 0.1) is 5.56 Å².